The molecule has 0 N–H and O–H groups in total. The second-order valence-electron chi connectivity index (χ2n) is 8.54. The fraction of sp³-hybridized carbons (Fsp3) is 0.880. The zero-order chi connectivity index (χ0) is 19.2. The summed E-state index contributed by atoms with van der Waals surface area (Å²) in [5, 5.41) is 0. The third-order valence-electron chi connectivity index (χ3n) is 6.42. The predicted octanol–water partition coefficient (Wildman–Crippen LogP) is 8.96. The van der Waals surface area contributed by atoms with E-state index in [0.29, 0.717) is 0 Å². The summed E-state index contributed by atoms with van der Waals surface area (Å²) in [6, 6.07) is 0. The predicted molar refractivity (Wildman–Crippen MR) is 116 cm³/mol. The van der Waals surface area contributed by atoms with Crippen LogP contribution in [0, 0.1) is 23.7 Å². The first kappa shape index (κ1) is 24.5. The molecule has 3 unspecified atom stereocenters. The van der Waals surface area contributed by atoms with Crippen molar-refractivity contribution in [1.82, 2.24) is 0 Å². The van der Waals surface area contributed by atoms with E-state index >= 15 is 0 Å². The van der Waals surface area contributed by atoms with Gasteiger partial charge < -0.3 is 0 Å². The van der Waals surface area contributed by atoms with Gasteiger partial charge in [-0.15, -0.1) is 5.73 Å². The molecule has 0 fully saturated rings. The molecule has 0 aromatic rings. The van der Waals surface area contributed by atoms with Gasteiger partial charge in [-0.3, -0.25) is 0 Å². The van der Waals surface area contributed by atoms with Gasteiger partial charge in [0.2, 0.25) is 0 Å². The fourth-order valence-corrected chi connectivity index (χ4v) is 4.31. The van der Waals surface area contributed by atoms with Crippen LogP contribution in [0.4, 0.5) is 0 Å². The third-order valence-corrected chi connectivity index (χ3v) is 6.42. The van der Waals surface area contributed by atoms with Crippen molar-refractivity contribution in [3.63, 3.8) is 0 Å². The van der Waals surface area contributed by atoms with Crippen LogP contribution in [0.1, 0.15) is 120 Å². The Morgan fingerprint density at radius 3 is 1.76 bits per heavy atom. The van der Waals surface area contributed by atoms with Crippen LogP contribution >= 0.6 is 0 Å². The summed E-state index contributed by atoms with van der Waals surface area (Å²) < 4.78 is 0. The molecule has 0 aliphatic heterocycles. The van der Waals surface area contributed by atoms with E-state index in [2.05, 4.69) is 61.1 Å². The van der Waals surface area contributed by atoms with Crippen molar-refractivity contribution < 1.29 is 0 Å². The second kappa shape index (κ2) is 14.7. The lowest BCUT2D eigenvalue weighted by molar-refractivity contribution is 0.244. The van der Waals surface area contributed by atoms with Crippen molar-refractivity contribution >= 4 is 0 Å². The minimum absolute atomic E-state index is 0.862. The Bertz CT molecular complexity index is 375. The molecule has 0 rings (SSSR count). The van der Waals surface area contributed by atoms with E-state index in [9.17, 15) is 0 Å². The van der Waals surface area contributed by atoms with Gasteiger partial charge in [0.05, 0.1) is 0 Å². The van der Waals surface area contributed by atoms with E-state index in [0.717, 1.165) is 30.1 Å². The number of hydrogen-bond donors (Lipinski definition) is 0. The highest BCUT2D eigenvalue weighted by Crippen LogP contribution is 2.32. The van der Waals surface area contributed by atoms with Crippen LogP contribution in [0.5, 0.6) is 0 Å². The highest BCUT2D eigenvalue weighted by Gasteiger charge is 2.20. The van der Waals surface area contributed by atoms with Crippen molar-refractivity contribution in [3.8, 4) is 0 Å². The third kappa shape index (κ3) is 11.0. The van der Waals surface area contributed by atoms with E-state index in [1.165, 1.54) is 68.9 Å². The molecule has 0 radical (unpaired) electrons. The molecule has 0 bridgehead atoms. The van der Waals surface area contributed by atoms with Crippen LogP contribution in [-0.4, -0.2) is 0 Å². The molecule has 0 saturated carbocycles. The maximum atomic E-state index is 3.58. The number of rotatable bonds is 14. The summed E-state index contributed by atoms with van der Waals surface area (Å²) in [4.78, 5) is 0. The molecule has 0 heteroatoms. The van der Waals surface area contributed by atoms with Gasteiger partial charge in [0.15, 0.2) is 0 Å². The summed E-state index contributed by atoms with van der Waals surface area (Å²) in [5.41, 5.74) is 6.42. The van der Waals surface area contributed by atoms with Gasteiger partial charge in [-0.05, 0) is 74.3 Å². The van der Waals surface area contributed by atoms with Gasteiger partial charge in [-0.2, -0.15) is 0 Å². The van der Waals surface area contributed by atoms with Crippen molar-refractivity contribution in [3.05, 3.63) is 16.9 Å². The largest absolute Gasteiger partial charge is 0.123 e. The summed E-state index contributed by atoms with van der Waals surface area (Å²) in [5.74, 6) is 3.63. The SMILES string of the molecule is CCC(=C=C(C)C)CCC(CC)C(C)CC(CC)CCC(CC)CC. The molecule has 0 aliphatic rings. The van der Waals surface area contributed by atoms with E-state index in [-0.39, 0.29) is 0 Å². The highest BCUT2D eigenvalue weighted by molar-refractivity contribution is 5.05. The quantitative estimate of drug-likeness (QED) is 0.275. The number of allylic oxidation sites excluding steroid dienone is 1. The van der Waals surface area contributed by atoms with Crippen LogP contribution in [0.15, 0.2) is 16.9 Å². The minimum atomic E-state index is 0.862. The minimum Gasteiger partial charge on any atom is -0.123 e. The lowest BCUT2D eigenvalue weighted by atomic mass is 9.78. The Labute approximate surface area is 160 Å². The summed E-state index contributed by atoms with van der Waals surface area (Å²) in [6.45, 7) is 18.6. The number of hydrogen-bond acceptors (Lipinski definition) is 0. The Morgan fingerprint density at radius 2 is 1.32 bits per heavy atom. The highest BCUT2D eigenvalue weighted by atomic mass is 14.3. The van der Waals surface area contributed by atoms with Gasteiger partial charge >= 0.3 is 0 Å². The molecule has 0 aromatic heterocycles. The lowest BCUT2D eigenvalue weighted by Crippen LogP contribution is -2.16. The van der Waals surface area contributed by atoms with Crippen LogP contribution in [0.2, 0.25) is 0 Å². The average molecular weight is 349 g/mol. The van der Waals surface area contributed by atoms with Crippen molar-refractivity contribution in [2.75, 3.05) is 0 Å². The zero-order valence-corrected chi connectivity index (χ0v) is 18.9. The second-order valence-corrected chi connectivity index (χ2v) is 8.54. The van der Waals surface area contributed by atoms with Gasteiger partial charge in [0, 0.05) is 0 Å². The topological polar surface area (TPSA) is 0 Å². The average Bonchev–Trinajstić information content (AvgIpc) is 2.60. The first-order chi connectivity index (χ1) is 11.9. The van der Waals surface area contributed by atoms with Crippen LogP contribution in [-0.2, 0) is 0 Å². The Hall–Kier alpha value is -0.480. The molecule has 0 nitrogen and oxygen atoms in total. The van der Waals surface area contributed by atoms with Crippen molar-refractivity contribution in [1.29, 1.82) is 0 Å². The van der Waals surface area contributed by atoms with Gasteiger partial charge in [0.1, 0.15) is 0 Å². The summed E-state index contributed by atoms with van der Waals surface area (Å²) in [6.07, 6.45) is 13.5. The monoisotopic (exact) mass is 348 g/mol. The van der Waals surface area contributed by atoms with Crippen LogP contribution in [0.3, 0.4) is 0 Å². The van der Waals surface area contributed by atoms with Gasteiger partial charge in [-0.1, -0.05) is 80.1 Å². The molecule has 0 saturated heterocycles. The molecular formula is C25H48. The molecule has 148 valence electrons. The van der Waals surface area contributed by atoms with Crippen LogP contribution < -0.4 is 0 Å². The van der Waals surface area contributed by atoms with Crippen molar-refractivity contribution in [2.24, 2.45) is 23.7 Å². The summed E-state index contributed by atoms with van der Waals surface area (Å²) >= 11 is 0. The fourth-order valence-electron chi connectivity index (χ4n) is 4.31. The van der Waals surface area contributed by atoms with E-state index in [1.807, 2.05) is 0 Å². The maximum Gasteiger partial charge on any atom is -0.0241 e. The molecule has 0 amide bonds. The van der Waals surface area contributed by atoms with E-state index in [1.54, 1.807) is 0 Å². The molecule has 0 aliphatic carbocycles. The standard InChI is InChI=1S/C25H48/c1-9-22(10-2)14-15-24(12-4)19-21(8)25(13-5)17-16-23(11-3)18-20(6)7/h21-22,24-25H,9-17,19H2,1-8H3. The lowest BCUT2D eigenvalue weighted by Gasteiger charge is -2.27. The molecular weight excluding hydrogens is 300 g/mol. The van der Waals surface area contributed by atoms with Crippen LogP contribution in [0.25, 0.3) is 0 Å². The van der Waals surface area contributed by atoms with E-state index in [4.69, 9.17) is 0 Å². The van der Waals surface area contributed by atoms with Gasteiger partial charge in [-0.25, -0.2) is 0 Å². The van der Waals surface area contributed by atoms with Gasteiger partial charge in [0.25, 0.3) is 0 Å². The van der Waals surface area contributed by atoms with E-state index < -0.39 is 0 Å². The molecule has 0 aromatic carbocycles. The first-order valence-corrected chi connectivity index (χ1v) is 11.3. The Kier molecular flexibility index (Phi) is 14.4. The van der Waals surface area contributed by atoms with Crippen molar-refractivity contribution in [2.45, 2.75) is 120 Å². The maximum absolute atomic E-state index is 3.58. The molecule has 0 spiro atoms. The zero-order valence-electron chi connectivity index (χ0n) is 18.9. The summed E-state index contributed by atoms with van der Waals surface area (Å²) in [7, 11) is 0. The Morgan fingerprint density at radius 1 is 0.760 bits per heavy atom. The normalized spacial score (nSPS) is 14.9. The molecule has 0 heterocycles. The molecule has 3 atom stereocenters. The smallest absolute Gasteiger partial charge is 0.0241 e. The Balaban J connectivity index is 4.59. The molecule has 25 heavy (non-hydrogen) atoms. The first-order valence-electron chi connectivity index (χ1n) is 11.3.